The van der Waals surface area contributed by atoms with Crippen LogP contribution >= 0.6 is 0 Å². The van der Waals surface area contributed by atoms with Crippen molar-refractivity contribution in [2.45, 2.75) is 24.7 Å². The quantitative estimate of drug-likeness (QED) is 0.561. The Morgan fingerprint density at radius 2 is 2.25 bits per heavy atom. The van der Waals surface area contributed by atoms with Gasteiger partial charge in [0, 0.05) is 0 Å². The predicted octanol–water partition coefficient (Wildman–Crippen LogP) is -1.63. The summed E-state index contributed by atoms with van der Waals surface area (Å²) in [7, 11) is 0. The number of hydrogen-bond donors (Lipinski definition) is 2. The second kappa shape index (κ2) is 4.36. The molecule has 2 aliphatic rings. The number of carbonyl (C=O) groups excluding carboxylic acids is 1. The van der Waals surface area contributed by atoms with E-state index in [0.717, 1.165) is 0 Å². The van der Waals surface area contributed by atoms with Crippen molar-refractivity contribution in [3.05, 3.63) is 0 Å². The molecule has 3 atom stereocenters. The Kier molecular flexibility index (Phi) is 3.08. The third-order valence-corrected chi connectivity index (χ3v) is 2.78. The fourth-order valence-corrected chi connectivity index (χ4v) is 1.90. The third-order valence-electron chi connectivity index (χ3n) is 2.78. The van der Waals surface area contributed by atoms with E-state index in [0.29, 0.717) is 13.0 Å². The number of carbonyl (C=O) groups is 2. The van der Waals surface area contributed by atoms with Gasteiger partial charge in [-0.1, -0.05) is 0 Å². The van der Waals surface area contributed by atoms with E-state index >= 15 is 0 Å². The average molecular weight is 230 g/mol. The van der Waals surface area contributed by atoms with Crippen LogP contribution in [0, 0.1) is 0 Å². The Bertz CT molecular complexity index is 308. The van der Waals surface area contributed by atoms with E-state index in [4.69, 9.17) is 20.3 Å². The van der Waals surface area contributed by atoms with Crippen LogP contribution in [-0.4, -0.2) is 60.0 Å². The highest BCUT2D eigenvalue weighted by Crippen LogP contribution is 2.20. The number of ether oxygens (including phenoxy) is 2. The minimum atomic E-state index is -1.10. The lowest BCUT2D eigenvalue weighted by Gasteiger charge is -2.38. The maximum Gasteiger partial charge on any atom is 0.328 e. The fraction of sp³-hybridized carbons (Fsp3) is 0.778. The van der Waals surface area contributed by atoms with Crippen LogP contribution in [0.3, 0.4) is 0 Å². The third kappa shape index (κ3) is 1.89. The Hall–Kier alpha value is -1.18. The summed E-state index contributed by atoms with van der Waals surface area (Å²) < 4.78 is 10.5. The molecule has 0 aromatic heterocycles. The highest BCUT2D eigenvalue weighted by atomic mass is 16.6. The van der Waals surface area contributed by atoms with Crippen molar-refractivity contribution in [1.29, 1.82) is 0 Å². The summed E-state index contributed by atoms with van der Waals surface area (Å²) in [6.07, 6.45) is -0.228. The van der Waals surface area contributed by atoms with Gasteiger partial charge in [0.2, 0.25) is 5.91 Å². The Balaban J connectivity index is 2.25. The highest BCUT2D eigenvalue weighted by molar-refractivity contribution is 5.87. The summed E-state index contributed by atoms with van der Waals surface area (Å²) in [6.45, 7) is 0.514. The van der Waals surface area contributed by atoms with Crippen LogP contribution in [0.25, 0.3) is 0 Å². The van der Waals surface area contributed by atoms with Crippen molar-refractivity contribution < 1.29 is 24.2 Å². The second-order valence-electron chi connectivity index (χ2n) is 3.86. The van der Waals surface area contributed by atoms with E-state index < -0.39 is 24.3 Å². The first-order valence-corrected chi connectivity index (χ1v) is 5.11. The lowest BCUT2D eigenvalue weighted by Crippen LogP contribution is -2.60. The van der Waals surface area contributed by atoms with Crippen molar-refractivity contribution in [1.82, 2.24) is 4.90 Å². The normalized spacial score (nSPS) is 35.4. The average Bonchev–Trinajstić information content (AvgIpc) is 2.40. The summed E-state index contributed by atoms with van der Waals surface area (Å²) in [5, 5.41) is 9.00. The maximum absolute atomic E-state index is 11.9. The molecule has 2 fully saturated rings. The summed E-state index contributed by atoms with van der Waals surface area (Å²) in [5.74, 6) is -1.48. The van der Waals surface area contributed by atoms with E-state index in [-0.39, 0.29) is 19.1 Å². The molecule has 2 aliphatic heterocycles. The van der Waals surface area contributed by atoms with E-state index in [1.54, 1.807) is 0 Å². The lowest BCUT2D eigenvalue weighted by molar-refractivity contribution is -0.186. The van der Waals surface area contributed by atoms with Gasteiger partial charge in [0.1, 0.15) is 0 Å². The molecule has 0 aromatic rings. The zero-order valence-corrected chi connectivity index (χ0v) is 8.67. The zero-order valence-electron chi connectivity index (χ0n) is 8.67. The molecule has 0 saturated carbocycles. The minimum absolute atomic E-state index is 0.0202. The Morgan fingerprint density at radius 1 is 1.50 bits per heavy atom. The molecule has 1 amide bonds. The van der Waals surface area contributed by atoms with Gasteiger partial charge in [-0.3, -0.25) is 9.69 Å². The number of fused-ring (bicyclic) bond motifs is 1. The van der Waals surface area contributed by atoms with Gasteiger partial charge in [-0.15, -0.1) is 0 Å². The van der Waals surface area contributed by atoms with Crippen LogP contribution in [0.15, 0.2) is 0 Å². The van der Waals surface area contributed by atoms with Crippen LogP contribution < -0.4 is 5.73 Å². The van der Waals surface area contributed by atoms with Gasteiger partial charge in [-0.25, -0.2) is 4.79 Å². The molecule has 2 rings (SSSR count). The van der Waals surface area contributed by atoms with Gasteiger partial charge < -0.3 is 20.3 Å². The second-order valence-corrected chi connectivity index (χ2v) is 3.86. The Morgan fingerprint density at radius 3 is 2.94 bits per heavy atom. The highest BCUT2D eigenvalue weighted by Gasteiger charge is 2.42. The molecular formula is C9H14N2O5. The van der Waals surface area contributed by atoms with Crippen molar-refractivity contribution in [3.8, 4) is 0 Å². The molecule has 7 heteroatoms. The van der Waals surface area contributed by atoms with Crippen molar-refractivity contribution in [2.24, 2.45) is 5.73 Å². The van der Waals surface area contributed by atoms with Crippen LogP contribution in [0.4, 0.5) is 0 Å². The smallest absolute Gasteiger partial charge is 0.328 e. The number of hydrogen-bond acceptors (Lipinski definition) is 5. The monoisotopic (exact) mass is 230 g/mol. The molecule has 7 nitrogen and oxygen atoms in total. The summed E-state index contributed by atoms with van der Waals surface area (Å²) >= 11 is 0. The van der Waals surface area contributed by atoms with Crippen LogP contribution in [-0.2, 0) is 19.1 Å². The number of morpholine rings is 1. The standard InChI is InChI=1S/C9H14N2O5/c10-5-1-2-16-7-4-15-3-6(9(13)14)11(7)8(5)12/h5-7H,1-4,10H2,(H,13,14)/t5-,6-,7-/m0/s1. The number of carboxylic acid groups (broad SMARTS) is 1. The molecule has 16 heavy (non-hydrogen) atoms. The van der Waals surface area contributed by atoms with E-state index in [2.05, 4.69) is 0 Å². The van der Waals surface area contributed by atoms with E-state index in [1.807, 2.05) is 0 Å². The number of nitrogens with zero attached hydrogens (tertiary/aromatic N) is 1. The van der Waals surface area contributed by atoms with Crippen LogP contribution in [0.5, 0.6) is 0 Å². The molecule has 0 aromatic carbocycles. The molecule has 0 radical (unpaired) electrons. The van der Waals surface area contributed by atoms with Gasteiger partial charge in [0.15, 0.2) is 12.3 Å². The van der Waals surface area contributed by atoms with Crippen LogP contribution in [0.2, 0.25) is 0 Å². The van der Waals surface area contributed by atoms with Gasteiger partial charge in [-0.05, 0) is 6.42 Å². The number of aliphatic carboxylic acids is 1. The zero-order chi connectivity index (χ0) is 11.7. The maximum atomic E-state index is 11.9. The topological polar surface area (TPSA) is 102 Å². The molecule has 0 unspecified atom stereocenters. The van der Waals surface area contributed by atoms with Crippen molar-refractivity contribution >= 4 is 11.9 Å². The van der Waals surface area contributed by atoms with Crippen molar-refractivity contribution in [2.75, 3.05) is 19.8 Å². The first kappa shape index (κ1) is 11.3. The first-order chi connectivity index (χ1) is 7.61. The number of nitrogens with two attached hydrogens (primary N) is 1. The van der Waals surface area contributed by atoms with E-state index in [9.17, 15) is 9.59 Å². The predicted molar refractivity (Wildman–Crippen MR) is 51.4 cm³/mol. The molecule has 0 aliphatic carbocycles. The molecule has 90 valence electrons. The summed E-state index contributed by atoms with van der Waals surface area (Å²) in [4.78, 5) is 24.1. The molecule has 3 N–H and O–H groups in total. The molecule has 0 spiro atoms. The van der Waals surface area contributed by atoms with Gasteiger partial charge in [-0.2, -0.15) is 0 Å². The van der Waals surface area contributed by atoms with Gasteiger partial charge in [0.25, 0.3) is 0 Å². The van der Waals surface area contributed by atoms with E-state index in [1.165, 1.54) is 4.90 Å². The molecule has 2 saturated heterocycles. The van der Waals surface area contributed by atoms with Gasteiger partial charge >= 0.3 is 5.97 Å². The lowest BCUT2D eigenvalue weighted by atomic mass is 10.1. The van der Waals surface area contributed by atoms with Crippen molar-refractivity contribution in [3.63, 3.8) is 0 Å². The van der Waals surface area contributed by atoms with Crippen LogP contribution in [0.1, 0.15) is 6.42 Å². The van der Waals surface area contributed by atoms with Gasteiger partial charge in [0.05, 0.1) is 25.9 Å². The Labute approximate surface area is 92.1 Å². The first-order valence-electron chi connectivity index (χ1n) is 5.11. The number of amides is 1. The molecular weight excluding hydrogens is 216 g/mol. The number of rotatable bonds is 1. The molecule has 0 bridgehead atoms. The summed E-state index contributed by atoms with van der Waals surface area (Å²) in [6, 6.07) is -1.69. The molecule has 2 heterocycles. The fourth-order valence-electron chi connectivity index (χ4n) is 1.90. The summed E-state index contributed by atoms with van der Waals surface area (Å²) in [5.41, 5.74) is 5.64. The number of carboxylic acids is 1. The SMILES string of the molecule is N[C@H]1CCO[C@H]2COC[C@@H](C(=O)O)N2C1=O. The minimum Gasteiger partial charge on any atom is -0.480 e. The largest absolute Gasteiger partial charge is 0.480 e.